The molecule has 190 valence electrons. The van der Waals surface area contributed by atoms with Crippen LogP contribution in [0.15, 0.2) is 57.7 Å². The summed E-state index contributed by atoms with van der Waals surface area (Å²) < 4.78 is 16.1. The standard InChI is InChI=1S/C25H24O11/c1-11(26)10-14(12-6-3-2-4-7-12)16-17(27)13-8-5-9-15(21(13)35-24(16)33)34-25-20(30)18(28)19(29)22(36-25)23(31)32/h2-9,14,18-20,22,25,27-30H,10H2,1H3,(H,31,32)/t14-,18-,19-,20+,22-,25?/m0/s1. The highest BCUT2D eigenvalue weighted by Crippen LogP contribution is 2.39. The Labute approximate surface area is 203 Å². The third-order valence-electron chi connectivity index (χ3n) is 6.00. The number of fused-ring (bicyclic) bond motifs is 1. The van der Waals surface area contributed by atoms with Crippen molar-refractivity contribution in [2.24, 2.45) is 0 Å². The second-order valence-electron chi connectivity index (χ2n) is 8.51. The summed E-state index contributed by atoms with van der Waals surface area (Å²) in [5, 5.41) is 50.5. The van der Waals surface area contributed by atoms with Crippen LogP contribution >= 0.6 is 0 Å². The largest absolute Gasteiger partial charge is 0.507 e. The van der Waals surface area contributed by atoms with Crippen LogP contribution in [0.2, 0.25) is 0 Å². The van der Waals surface area contributed by atoms with Gasteiger partial charge in [-0.25, -0.2) is 9.59 Å². The Bertz CT molecular complexity index is 1330. The first kappa shape index (κ1) is 25.3. The Balaban J connectivity index is 1.77. The van der Waals surface area contributed by atoms with Crippen LogP contribution in [0.5, 0.6) is 11.5 Å². The van der Waals surface area contributed by atoms with Gasteiger partial charge >= 0.3 is 11.6 Å². The van der Waals surface area contributed by atoms with Crippen molar-refractivity contribution in [2.45, 2.75) is 50.0 Å². The van der Waals surface area contributed by atoms with Gasteiger partial charge in [0.15, 0.2) is 17.4 Å². The number of carbonyl (C=O) groups excluding carboxylic acids is 1. The first-order chi connectivity index (χ1) is 17.1. The first-order valence-corrected chi connectivity index (χ1v) is 11.0. The molecule has 36 heavy (non-hydrogen) atoms. The number of ether oxygens (including phenoxy) is 2. The number of aliphatic carboxylic acids is 1. The number of carboxylic acids is 1. The zero-order valence-corrected chi connectivity index (χ0v) is 19.0. The molecule has 1 aliphatic heterocycles. The van der Waals surface area contributed by atoms with Crippen molar-refractivity contribution >= 4 is 22.7 Å². The van der Waals surface area contributed by atoms with Gasteiger partial charge in [-0.1, -0.05) is 36.4 Å². The minimum atomic E-state index is -1.91. The van der Waals surface area contributed by atoms with Crippen molar-refractivity contribution in [1.82, 2.24) is 0 Å². The quantitative estimate of drug-likeness (QED) is 0.290. The molecule has 0 spiro atoms. The topological polar surface area (TPSA) is 184 Å². The number of hydrogen-bond donors (Lipinski definition) is 5. The second kappa shape index (κ2) is 10.1. The zero-order chi connectivity index (χ0) is 26.1. The van der Waals surface area contributed by atoms with E-state index in [0.29, 0.717) is 5.56 Å². The van der Waals surface area contributed by atoms with Crippen LogP contribution in [0.3, 0.4) is 0 Å². The highest BCUT2D eigenvalue weighted by Gasteiger charge is 2.48. The Hall–Kier alpha value is -3.77. The predicted octanol–water partition coefficient (Wildman–Crippen LogP) is 0.881. The normalized spacial score (nSPS) is 24.8. The maximum absolute atomic E-state index is 13.1. The summed E-state index contributed by atoms with van der Waals surface area (Å²) >= 11 is 0. The van der Waals surface area contributed by atoms with Gasteiger partial charge in [0, 0.05) is 12.3 Å². The maximum atomic E-state index is 13.1. The molecule has 0 aliphatic carbocycles. The maximum Gasteiger partial charge on any atom is 0.343 e. The van der Waals surface area contributed by atoms with E-state index in [1.54, 1.807) is 30.3 Å². The van der Waals surface area contributed by atoms with Crippen LogP contribution in [0.4, 0.5) is 0 Å². The molecule has 11 heteroatoms. The molecule has 1 aromatic heterocycles. The summed E-state index contributed by atoms with van der Waals surface area (Å²) in [6.07, 6.45) is -9.37. The number of benzene rings is 2. The summed E-state index contributed by atoms with van der Waals surface area (Å²) in [6.45, 7) is 1.37. The lowest BCUT2D eigenvalue weighted by atomic mass is 9.87. The summed E-state index contributed by atoms with van der Waals surface area (Å²) in [4.78, 5) is 36.4. The molecule has 0 radical (unpaired) electrons. The highest BCUT2D eigenvalue weighted by atomic mass is 16.7. The van der Waals surface area contributed by atoms with Crippen molar-refractivity contribution in [3.63, 3.8) is 0 Å². The Morgan fingerprint density at radius 2 is 1.69 bits per heavy atom. The van der Waals surface area contributed by atoms with E-state index in [0.717, 1.165) is 0 Å². The summed E-state index contributed by atoms with van der Waals surface area (Å²) in [5.74, 6) is -3.23. The monoisotopic (exact) mass is 500 g/mol. The molecule has 1 unspecified atom stereocenters. The van der Waals surface area contributed by atoms with Gasteiger partial charge in [-0.15, -0.1) is 0 Å². The Morgan fingerprint density at radius 1 is 1.00 bits per heavy atom. The van der Waals surface area contributed by atoms with Crippen molar-refractivity contribution in [3.05, 3.63) is 70.1 Å². The van der Waals surface area contributed by atoms with Crippen LogP contribution < -0.4 is 10.4 Å². The van der Waals surface area contributed by atoms with Gasteiger partial charge in [0.2, 0.25) is 6.29 Å². The molecule has 5 N–H and O–H groups in total. The van der Waals surface area contributed by atoms with E-state index in [9.17, 15) is 39.9 Å². The number of aliphatic hydroxyl groups is 3. The van der Waals surface area contributed by atoms with Gasteiger partial charge in [0.1, 0.15) is 29.8 Å². The van der Waals surface area contributed by atoms with E-state index in [-0.39, 0.29) is 34.5 Å². The van der Waals surface area contributed by atoms with E-state index in [2.05, 4.69) is 0 Å². The minimum absolute atomic E-state index is 0.0484. The number of carbonyl (C=O) groups is 2. The predicted molar refractivity (Wildman–Crippen MR) is 123 cm³/mol. The van der Waals surface area contributed by atoms with Crippen LogP contribution in [-0.4, -0.2) is 68.0 Å². The Kier molecular flexibility index (Phi) is 7.09. The average molecular weight is 500 g/mol. The Morgan fingerprint density at radius 3 is 2.33 bits per heavy atom. The molecule has 0 amide bonds. The van der Waals surface area contributed by atoms with E-state index in [1.807, 2.05) is 0 Å². The molecule has 4 rings (SSSR count). The third-order valence-corrected chi connectivity index (χ3v) is 6.00. The van der Waals surface area contributed by atoms with Crippen molar-refractivity contribution < 1.29 is 49.0 Å². The number of rotatable bonds is 7. The number of para-hydroxylation sites is 1. The van der Waals surface area contributed by atoms with Gasteiger partial charge < -0.3 is 39.4 Å². The number of hydrogen-bond acceptors (Lipinski definition) is 10. The van der Waals surface area contributed by atoms with Crippen LogP contribution in [0.1, 0.15) is 30.4 Å². The van der Waals surface area contributed by atoms with Gasteiger partial charge in [0.05, 0.1) is 10.9 Å². The molecule has 0 bridgehead atoms. The van der Waals surface area contributed by atoms with E-state index in [4.69, 9.17) is 13.9 Å². The van der Waals surface area contributed by atoms with Crippen molar-refractivity contribution in [2.75, 3.05) is 0 Å². The second-order valence-corrected chi connectivity index (χ2v) is 8.51. The smallest absolute Gasteiger partial charge is 0.343 e. The molecule has 2 heterocycles. The van der Waals surface area contributed by atoms with Crippen LogP contribution in [-0.2, 0) is 14.3 Å². The average Bonchev–Trinajstić information content (AvgIpc) is 2.84. The minimum Gasteiger partial charge on any atom is -0.507 e. The fourth-order valence-electron chi connectivity index (χ4n) is 4.23. The first-order valence-electron chi connectivity index (χ1n) is 11.0. The van der Waals surface area contributed by atoms with E-state index in [1.165, 1.54) is 25.1 Å². The lowest BCUT2D eigenvalue weighted by Gasteiger charge is -2.38. The van der Waals surface area contributed by atoms with E-state index >= 15 is 0 Å². The summed E-state index contributed by atoms with van der Waals surface area (Å²) in [6, 6.07) is 12.9. The fraction of sp³-hybridized carbons (Fsp3) is 0.320. The molecule has 1 fully saturated rings. The van der Waals surface area contributed by atoms with E-state index < -0.39 is 54.0 Å². The number of Topliss-reactive ketones (excluding diaryl/α,β-unsaturated/α-hetero) is 1. The van der Waals surface area contributed by atoms with Gasteiger partial charge in [-0.3, -0.25) is 4.79 Å². The molecular formula is C25H24O11. The number of ketones is 1. The lowest BCUT2D eigenvalue weighted by Crippen LogP contribution is -2.61. The molecule has 1 aliphatic rings. The van der Waals surface area contributed by atoms with Crippen LogP contribution in [0.25, 0.3) is 11.0 Å². The molecule has 11 nitrogen and oxygen atoms in total. The third kappa shape index (κ3) is 4.69. The van der Waals surface area contributed by atoms with Gasteiger partial charge in [-0.2, -0.15) is 0 Å². The molecule has 1 saturated heterocycles. The fourth-order valence-corrected chi connectivity index (χ4v) is 4.23. The van der Waals surface area contributed by atoms with Gasteiger partial charge in [0.25, 0.3) is 0 Å². The highest BCUT2D eigenvalue weighted by molar-refractivity contribution is 5.89. The summed E-state index contributed by atoms with van der Waals surface area (Å²) in [7, 11) is 0. The lowest BCUT2D eigenvalue weighted by molar-refractivity contribution is -0.271. The molecule has 2 aromatic carbocycles. The van der Waals surface area contributed by atoms with Crippen molar-refractivity contribution in [1.29, 1.82) is 0 Å². The molecule has 3 aromatic rings. The molecule has 0 saturated carbocycles. The number of aromatic hydroxyl groups is 1. The summed E-state index contributed by atoms with van der Waals surface area (Å²) in [5.41, 5.74) is -0.677. The van der Waals surface area contributed by atoms with Gasteiger partial charge in [-0.05, 0) is 24.6 Å². The SMILES string of the molecule is CC(=O)C[C@@H](c1ccccc1)c1c(O)c2cccc(OC3O[C@H](C(=O)O)[C@@H](O)[C@H](O)[C@H]3O)c2oc1=O. The van der Waals surface area contributed by atoms with Crippen LogP contribution in [0, 0.1) is 0 Å². The number of aliphatic hydroxyl groups excluding tert-OH is 3. The number of carboxylic acid groups (broad SMARTS) is 1. The zero-order valence-electron chi connectivity index (χ0n) is 19.0. The van der Waals surface area contributed by atoms with Crippen molar-refractivity contribution in [3.8, 4) is 11.5 Å². The molecular weight excluding hydrogens is 476 g/mol. The molecule has 6 atom stereocenters.